The molecule has 2 N–H and O–H groups in total. The second kappa shape index (κ2) is 5.25. The molecule has 9 heteroatoms. The molecule has 0 unspecified atom stereocenters. The van der Waals surface area contributed by atoms with E-state index in [4.69, 9.17) is 5.73 Å². The van der Waals surface area contributed by atoms with Gasteiger partial charge in [-0.2, -0.15) is 0 Å². The van der Waals surface area contributed by atoms with Crippen LogP contribution in [0, 0.1) is 0 Å². The Bertz CT molecular complexity index is 447. The molecule has 0 saturated heterocycles. The average Bonchev–Trinajstić information content (AvgIpc) is 2.24. The van der Waals surface area contributed by atoms with Crippen LogP contribution in [0.3, 0.4) is 0 Å². The summed E-state index contributed by atoms with van der Waals surface area (Å²) in [5.74, 6) is -1.01. The lowest BCUT2D eigenvalue weighted by molar-refractivity contribution is -0.276. The fourth-order valence-corrected chi connectivity index (χ4v) is 1.28. The largest absolute Gasteiger partial charge is 0.574 e. The average molecular weight is 270 g/mol. The van der Waals surface area contributed by atoms with E-state index < -0.39 is 36.5 Å². The number of carbonyl (C=O) groups is 1. The minimum absolute atomic E-state index is 0.0795. The zero-order valence-electron chi connectivity index (χ0n) is 8.67. The Kier molecular flexibility index (Phi) is 4.17. The maximum Gasteiger partial charge on any atom is 0.574 e. The minimum Gasteiger partial charge on any atom is -0.388 e. The molecule has 0 atom stereocenters. The third-order valence-electron chi connectivity index (χ3n) is 1.92. The molecule has 1 rings (SSSR count). The van der Waals surface area contributed by atoms with Gasteiger partial charge in [-0.25, -0.2) is 13.8 Å². The minimum atomic E-state index is -5.04. The number of aromatic nitrogens is 1. The number of carbonyl (C=O) groups excluding carboxylic acids is 1. The van der Waals surface area contributed by atoms with E-state index in [1.54, 1.807) is 0 Å². The molecule has 1 aromatic heterocycles. The molecule has 0 radical (unpaired) electrons. The molecule has 0 aliphatic carbocycles. The van der Waals surface area contributed by atoms with Gasteiger partial charge < -0.3 is 10.5 Å². The molecule has 1 aromatic rings. The fraction of sp³-hybridized carbons (Fsp3) is 0.333. The van der Waals surface area contributed by atoms with Crippen molar-refractivity contribution in [3.05, 3.63) is 22.9 Å². The maximum atomic E-state index is 12.6. The number of alkyl halides is 5. The van der Waals surface area contributed by atoms with Gasteiger partial charge in [0.2, 0.25) is 5.88 Å². The zero-order chi connectivity index (χ0) is 13.9. The highest BCUT2D eigenvalue weighted by Crippen LogP contribution is 2.29. The van der Waals surface area contributed by atoms with Gasteiger partial charge in [0.1, 0.15) is 5.69 Å². The van der Waals surface area contributed by atoms with E-state index in [9.17, 15) is 26.7 Å². The van der Waals surface area contributed by atoms with Crippen molar-refractivity contribution in [3.8, 4) is 5.88 Å². The number of aldehydes is 1. The predicted molar refractivity (Wildman–Crippen MR) is 49.2 cm³/mol. The SMILES string of the molecule is NCc1cc(OC(F)(F)F)nc(C=O)c1C(F)F. The molecule has 0 aromatic carbocycles. The number of rotatable bonds is 4. The van der Waals surface area contributed by atoms with E-state index >= 15 is 0 Å². The topological polar surface area (TPSA) is 65.2 Å². The van der Waals surface area contributed by atoms with Crippen molar-refractivity contribution in [2.24, 2.45) is 5.73 Å². The molecule has 0 aliphatic rings. The number of pyridine rings is 1. The van der Waals surface area contributed by atoms with Crippen LogP contribution in [0.4, 0.5) is 22.0 Å². The van der Waals surface area contributed by atoms with Crippen LogP contribution in [0.2, 0.25) is 0 Å². The lowest BCUT2D eigenvalue weighted by atomic mass is 10.1. The van der Waals surface area contributed by atoms with Gasteiger partial charge in [-0.1, -0.05) is 0 Å². The van der Waals surface area contributed by atoms with Gasteiger partial charge >= 0.3 is 6.36 Å². The molecule has 4 nitrogen and oxygen atoms in total. The molecule has 0 spiro atoms. The van der Waals surface area contributed by atoms with Crippen molar-refractivity contribution in [1.82, 2.24) is 4.98 Å². The maximum absolute atomic E-state index is 12.6. The fourth-order valence-electron chi connectivity index (χ4n) is 1.28. The van der Waals surface area contributed by atoms with Gasteiger partial charge in [-0.3, -0.25) is 4.79 Å². The van der Waals surface area contributed by atoms with Crippen LogP contribution in [0.1, 0.15) is 28.0 Å². The third-order valence-corrected chi connectivity index (χ3v) is 1.92. The highest BCUT2D eigenvalue weighted by Gasteiger charge is 2.33. The van der Waals surface area contributed by atoms with Crippen LogP contribution >= 0.6 is 0 Å². The summed E-state index contributed by atoms with van der Waals surface area (Å²) in [6.07, 6.45) is -8.19. The van der Waals surface area contributed by atoms with Crippen LogP contribution in [0.5, 0.6) is 5.88 Å². The van der Waals surface area contributed by atoms with E-state index in [1.165, 1.54) is 0 Å². The zero-order valence-corrected chi connectivity index (χ0v) is 8.67. The summed E-state index contributed by atoms with van der Waals surface area (Å²) in [5.41, 5.74) is 3.18. The van der Waals surface area contributed by atoms with Crippen LogP contribution in [0.15, 0.2) is 6.07 Å². The summed E-state index contributed by atoms with van der Waals surface area (Å²) in [4.78, 5) is 13.6. The molecule has 0 fully saturated rings. The second-order valence-electron chi connectivity index (χ2n) is 3.09. The molecule has 0 aliphatic heterocycles. The van der Waals surface area contributed by atoms with Gasteiger partial charge in [0.25, 0.3) is 6.43 Å². The number of hydrogen-bond acceptors (Lipinski definition) is 4. The van der Waals surface area contributed by atoms with E-state index in [0.717, 1.165) is 0 Å². The highest BCUT2D eigenvalue weighted by atomic mass is 19.4. The molecule has 100 valence electrons. The van der Waals surface area contributed by atoms with Crippen molar-refractivity contribution < 1.29 is 31.5 Å². The molecule has 0 amide bonds. The number of halogens is 5. The van der Waals surface area contributed by atoms with Gasteiger partial charge in [0.15, 0.2) is 6.29 Å². The van der Waals surface area contributed by atoms with Crippen LogP contribution in [0.25, 0.3) is 0 Å². The van der Waals surface area contributed by atoms with Gasteiger partial charge in [-0.05, 0) is 5.56 Å². The van der Waals surface area contributed by atoms with Crippen molar-refractivity contribution in [3.63, 3.8) is 0 Å². The van der Waals surface area contributed by atoms with E-state index in [-0.39, 0.29) is 11.8 Å². The first-order valence-corrected chi connectivity index (χ1v) is 4.51. The lowest BCUT2D eigenvalue weighted by Gasteiger charge is -2.13. The Balaban J connectivity index is 3.30. The number of hydrogen-bond donors (Lipinski definition) is 1. The van der Waals surface area contributed by atoms with E-state index in [2.05, 4.69) is 9.72 Å². The predicted octanol–water partition coefficient (Wildman–Crippen LogP) is 2.19. The van der Waals surface area contributed by atoms with Gasteiger partial charge in [0.05, 0.1) is 5.56 Å². The monoisotopic (exact) mass is 270 g/mol. The van der Waals surface area contributed by atoms with Crippen molar-refractivity contribution in [2.45, 2.75) is 19.3 Å². The summed E-state index contributed by atoms with van der Waals surface area (Å²) in [5, 5.41) is 0. The molecular weight excluding hydrogens is 263 g/mol. The summed E-state index contributed by atoms with van der Waals surface area (Å²) >= 11 is 0. The summed E-state index contributed by atoms with van der Waals surface area (Å²) in [7, 11) is 0. The van der Waals surface area contributed by atoms with Crippen LogP contribution in [-0.2, 0) is 6.54 Å². The van der Waals surface area contributed by atoms with E-state index in [1.807, 2.05) is 0 Å². The third kappa shape index (κ3) is 3.36. The van der Waals surface area contributed by atoms with E-state index in [0.29, 0.717) is 6.07 Å². The smallest absolute Gasteiger partial charge is 0.388 e. The summed E-state index contributed by atoms with van der Waals surface area (Å²) < 4.78 is 64.5. The first kappa shape index (κ1) is 14.3. The Labute approximate surface area is 97.6 Å². The van der Waals surface area contributed by atoms with Crippen molar-refractivity contribution in [2.75, 3.05) is 0 Å². The standard InChI is InChI=1S/C9H7F5N2O2/c10-8(11)7-4(2-15)1-6(16-5(7)3-17)18-9(12,13)14/h1,3,8H,2,15H2. The van der Waals surface area contributed by atoms with Crippen LogP contribution in [-0.4, -0.2) is 17.6 Å². The number of ether oxygens (including phenoxy) is 1. The van der Waals surface area contributed by atoms with Gasteiger partial charge in [-0.15, -0.1) is 13.2 Å². The normalized spacial score (nSPS) is 11.7. The molecule has 0 bridgehead atoms. The molecule has 1 heterocycles. The first-order valence-electron chi connectivity index (χ1n) is 4.51. The molecule has 18 heavy (non-hydrogen) atoms. The highest BCUT2D eigenvalue weighted by molar-refractivity contribution is 5.75. The molecule has 0 saturated carbocycles. The lowest BCUT2D eigenvalue weighted by Crippen LogP contribution is -2.19. The first-order chi connectivity index (χ1) is 8.28. The Hall–Kier alpha value is -1.77. The van der Waals surface area contributed by atoms with Crippen molar-refractivity contribution >= 4 is 6.29 Å². The molecular formula is C9H7F5N2O2. The van der Waals surface area contributed by atoms with Crippen LogP contribution < -0.4 is 10.5 Å². The summed E-state index contributed by atoms with van der Waals surface area (Å²) in [6, 6.07) is 0.627. The number of nitrogens with two attached hydrogens (primary N) is 1. The Morgan fingerprint density at radius 1 is 1.44 bits per heavy atom. The quantitative estimate of drug-likeness (QED) is 0.672. The van der Waals surface area contributed by atoms with Gasteiger partial charge in [0, 0.05) is 12.6 Å². The van der Waals surface area contributed by atoms with Crippen molar-refractivity contribution in [1.29, 1.82) is 0 Å². The Morgan fingerprint density at radius 2 is 2.06 bits per heavy atom. The number of nitrogens with zero attached hydrogens (tertiary/aromatic N) is 1. The summed E-state index contributed by atoms with van der Waals surface area (Å²) in [6.45, 7) is -0.475. The Morgan fingerprint density at radius 3 is 2.44 bits per heavy atom. The second-order valence-corrected chi connectivity index (χ2v) is 3.09.